The molecule has 3 heteroatoms. The van der Waals surface area contributed by atoms with Gasteiger partial charge in [-0.1, -0.05) is 78.9 Å². The van der Waals surface area contributed by atoms with Gasteiger partial charge in [-0.3, -0.25) is 0 Å². The molecule has 0 fully saturated rings. The normalized spacial score (nSPS) is 16.7. The Hall–Kier alpha value is -3.07. The fourth-order valence-electron chi connectivity index (χ4n) is 2.87. The number of rotatable bonds is 3. The van der Waals surface area contributed by atoms with Crippen LogP contribution in [0.1, 0.15) is 23.7 Å². The average Bonchev–Trinajstić information content (AvgIpc) is 2.70. The summed E-state index contributed by atoms with van der Waals surface area (Å²) in [5.74, 6) is 1.75. The highest BCUT2D eigenvalue weighted by Gasteiger charge is 2.15. The molecule has 1 heterocycles. The van der Waals surface area contributed by atoms with E-state index in [9.17, 15) is 0 Å². The van der Waals surface area contributed by atoms with Gasteiger partial charge in [-0.25, -0.2) is 15.0 Å². The SMILES string of the molecule is C1=CC(c2ncnc(-c3ccccc3)n2)CC=C1c1ccccc1. The van der Waals surface area contributed by atoms with Gasteiger partial charge in [0.2, 0.25) is 0 Å². The second-order valence-corrected chi connectivity index (χ2v) is 5.76. The van der Waals surface area contributed by atoms with E-state index in [2.05, 4.69) is 57.4 Å². The molecular weight excluding hydrogens is 294 g/mol. The van der Waals surface area contributed by atoms with Crippen molar-refractivity contribution in [2.75, 3.05) is 0 Å². The zero-order valence-electron chi connectivity index (χ0n) is 13.2. The maximum Gasteiger partial charge on any atom is 0.163 e. The molecule has 0 radical (unpaired) electrons. The minimum atomic E-state index is 0.197. The number of allylic oxidation sites excluding steroid dienone is 4. The van der Waals surface area contributed by atoms with Crippen molar-refractivity contribution in [1.29, 1.82) is 0 Å². The Bertz CT molecular complexity index is 883. The Morgan fingerprint density at radius 2 is 1.50 bits per heavy atom. The Balaban J connectivity index is 1.57. The van der Waals surface area contributed by atoms with Gasteiger partial charge in [0.15, 0.2) is 5.82 Å². The Kier molecular flexibility index (Phi) is 3.98. The van der Waals surface area contributed by atoms with Crippen molar-refractivity contribution in [2.45, 2.75) is 12.3 Å². The molecule has 0 aliphatic heterocycles. The fourth-order valence-corrected chi connectivity index (χ4v) is 2.87. The van der Waals surface area contributed by atoms with E-state index < -0.39 is 0 Å². The van der Waals surface area contributed by atoms with Crippen LogP contribution in [0.15, 0.2) is 85.2 Å². The number of benzene rings is 2. The number of hydrogen-bond donors (Lipinski definition) is 0. The Labute approximate surface area is 141 Å². The van der Waals surface area contributed by atoms with Crippen molar-refractivity contribution in [3.63, 3.8) is 0 Å². The second-order valence-electron chi connectivity index (χ2n) is 5.76. The summed E-state index contributed by atoms with van der Waals surface area (Å²) in [6.07, 6.45) is 9.11. The van der Waals surface area contributed by atoms with Gasteiger partial charge in [0.25, 0.3) is 0 Å². The first-order valence-electron chi connectivity index (χ1n) is 8.08. The van der Waals surface area contributed by atoms with Gasteiger partial charge in [0.05, 0.1) is 0 Å². The fraction of sp³-hybridized carbons (Fsp3) is 0.0952. The standard InChI is InChI=1S/C21H17N3/c1-3-7-16(8-4-1)17-11-13-19(14-12-17)21-23-15-22-20(24-21)18-9-5-2-6-10-18/h1-13,15,19H,14H2. The molecule has 1 unspecified atom stereocenters. The van der Waals surface area contributed by atoms with Gasteiger partial charge < -0.3 is 0 Å². The summed E-state index contributed by atoms with van der Waals surface area (Å²) in [6, 6.07) is 20.4. The van der Waals surface area contributed by atoms with E-state index in [1.54, 1.807) is 6.33 Å². The van der Waals surface area contributed by atoms with Crippen LogP contribution >= 0.6 is 0 Å². The minimum Gasteiger partial charge on any atom is -0.221 e. The monoisotopic (exact) mass is 311 g/mol. The lowest BCUT2D eigenvalue weighted by Crippen LogP contribution is -2.06. The van der Waals surface area contributed by atoms with Crippen LogP contribution in [0.5, 0.6) is 0 Å². The summed E-state index contributed by atoms with van der Waals surface area (Å²) in [5, 5.41) is 0. The molecule has 0 spiro atoms. The molecule has 4 rings (SSSR count). The second kappa shape index (κ2) is 6.59. The van der Waals surface area contributed by atoms with E-state index in [-0.39, 0.29) is 5.92 Å². The third-order valence-electron chi connectivity index (χ3n) is 4.16. The van der Waals surface area contributed by atoms with Crippen LogP contribution in [0.4, 0.5) is 0 Å². The van der Waals surface area contributed by atoms with Crippen molar-refractivity contribution in [2.24, 2.45) is 0 Å². The molecule has 0 saturated heterocycles. The molecule has 1 aromatic heterocycles. The van der Waals surface area contributed by atoms with Crippen LogP contribution in [0.3, 0.4) is 0 Å². The third kappa shape index (κ3) is 3.01. The summed E-state index contributed by atoms with van der Waals surface area (Å²) in [4.78, 5) is 13.4. The van der Waals surface area contributed by atoms with Crippen LogP contribution in [0.25, 0.3) is 17.0 Å². The highest BCUT2D eigenvalue weighted by molar-refractivity contribution is 5.75. The summed E-state index contributed by atoms with van der Waals surface area (Å²) in [7, 11) is 0. The van der Waals surface area contributed by atoms with Gasteiger partial charge in [0.1, 0.15) is 12.2 Å². The maximum absolute atomic E-state index is 4.66. The lowest BCUT2D eigenvalue weighted by atomic mass is 9.92. The summed E-state index contributed by atoms with van der Waals surface area (Å²) >= 11 is 0. The average molecular weight is 311 g/mol. The molecule has 0 bridgehead atoms. The third-order valence-corrected chi connectivity index (χ3v) is 4.16. The van der Waals surface area contributed by atoms with E-state index in [1.165, 1.54) is 11.1 Å². The van der Waals surface area contributed by atoms with Gasteiger partial charge >= 0.3 is 0 Å². The molecule has 3 aromatic rings. The highest BCUT2D eigenvalue weighted by atomic mass is 15.0. The molecule has 3 nitrogen and oxygen atoms in total. The molecule has 116 valence electrons. The van der Waals surface area contributed by atoms with Crippen molar-refractivity contribution in [1.82, 2.24) is 15.0 Å². The van der Waals surface area contributed by atoms with Crippen molar-refractivity contribution in [3.8, 4) is 11.4 Å². The topological polar surface area (TPSA) is 38.7 Å². The lowest BCUT2D eigenvalue weighted by molar-refractivity contribution is 0.763. The number of hydrogen-bond acceptors (Lipinski definition) is 3. The Morgan fingerprint density at radius 3 is 2.17 bits per heavy atom. The van der Waals surface area contributed by atoms with Gasteiger partial charge in [0, 0.05) is 11.5 Å². The molecule has 1 aliphatic rings. The molecule has 0 N–H and O–H groups in total. The predicted molar refractivity (Wildman–Crippen MR) is 96.2 cm³/mol. The minimum absolute atomic E-state index is 0.197. The van der Waals surface area contributed by atoms with Crippen LogP contribution in [0, 0.1) is 0 Å². The van der Waals surface area contributed by atoms with Crippen LogP contribution in [0.2, 0.25) is 0 Å². The molecule has 24 heavy (non-hydrogen) atoms. The maximum atomic E-state index is 4.66. The van der Waals surface area contributed by atoms with E-state index >= 15 is 0 Å². The largest absolute Gasteiger partial charge is 0.221 e. The number of aromatic nitrogens is 3. The summed E-state index contributed by atoms with van der Waals surface area (Å²) < 4.78 is 0. The van der Waals surface area contributed by atoms with Gasteiger partial charge in [-0.2, -0.15) is 0 Å². The first-order chi connectivity index (χ1) is 11.9. The summed E-state index contributed by atoms with van der Waals surface area (Å²) in [5.41, 5.74) is 3.51. The quantitative estimate of drug-likeness (QED) is 0.706. The number of nitrogens with zero attached hydrogens (tertiary/aromatic N) is 3. The van der Waals surface area contributed by atoms with Crippen molar-refractivity contribution < 1.29 is 0 Å². The lowest BCUT2D eigenvalue weighted by Gasteiger charge is -2.15. The zero-order chi connectivity index (χ0) is 16.2. The molecular formula is C21H17N3. The molecule has 1 atom stereocenters. The van der Waals surface area contributed by atoms with Crippen LogP contribution in [-0.4, -0.2) is 15.0 Å². The molecule has 2 aromatic carbocycles. The van der Waals surface area contributed by atoms with E-state index in [1.807, 2.05) is 36.4 Å². The molecule has 0 amide bonds. The highest BCUT2D eigenvalue weighted by Crippen LogP contribution is 2.29. The van der Waals surface area contributed by atoms with Gasteiger partial charge in [-0.15, -0.1) is 0 Å². The smallest absolute Gasteiger partial charge is 0.163 e. The first kappa shape index (κ1) is 14.5. The Morgan fingerprint density at radius 1 is 0.792 bits per heavy atom. The van der Waals surface area contributed by atoms with Crippen molar-refractivity contribution >= 4 is 5.57 Å². The molecule has 0 saturated carbocycles. The van der Waals surface area contributed by atoms with Crippen LogP contribution in [-0.2, 0) is 0 Å². The predicted octanol–water partition coefficient (Wildman–Crippen LogP) is 4.67. The van der Waals surface area contributed by atoms with Crippen molar-refractivity contribution in [3.05, 3.63) is 96.6 Å². The van der Waals surface area contributed by atoms with E-state index in [4.69, 9.17) is 0 Å². The summed E-state index contributed by atoms with van der Waals surface area (Å²) in [6.45, 7) is 0. The van der Waals surface area contributed by atoms with Gasteiger partial charge in [-0.05, 0) is 17.6 Å². The zero-order valence-corrected chi connectivity index (χ0v) is 13.2. The van der Waals surface area contributed by atoms with E-state index in [0.717, 1.165) is 23.6 Å². The van der Waals surface area contributed by atoms with Crippen LogP contribution < -0.4 is 0 Å². The van der Waals surface area contributed by atoms with E-state index in [0.29, 0.717) is 0 Å². The first-order valence-corrected chi connectivity index (χ1v) is 8.08. The molecule has 1 aliphatic carbocycles.